The number of urea groups is 1. The first kappa shape index (κ1) is 40.0. The van der Waals surface area contributed by atoms with Crippen LogP contribution in [0.15, 0.2) is 84.1 Å². The summed E-state index contributed by atoms with van der Waals surface area (Å²) in [6.45, 7) is 6.12. The highest BCUT2D eigenvalue weighted by Crippen LogP contribution is 2.16. The van der Waals surface area contributed by atoms with Crippen LogP contribution in [0.5, 0.6) is 0 Å². The monoisotopic (exact) mass is 747 g/mol. The van der Waals surface area contributed by atoms with E-state index in [9.17, 15) is 19.2 Å². The standard InChI is InChI=1S/C38H49N7O5S2/c1-38(2,3)35(47)41-18-17-33(44-36(48)45(4)23-31-21-39-25-51-31)34(46)42-29(19-27-11-7-5-8-12-27)15-16-30(20-28-13-9-6-10-14-28)43-37(49)50-24-32-22-40-26-52-32/h5-14,21-22,25-26,29-30,33H,15-20,23-24H2,1-4H3,(H,41,47)(H,42,46)(H,43,49)(H,44,48). The van der Waals surface area contributed by atoms with Gasteiger partial charge in [0.2, 0.25) is 11.8 Å². The molecule has 278 valence electrons. The van der Waals surface area contributed by atoms with E-state index in [1.54, 1.807) is 30.5 Å². The second kappa shape index (κ2) is 20.3. The molecular formula is C38H49N7O5S2. The minimum Gasteiger partial charge on any atom is -0.444 e. The molecule has 4 N–H and O–H groups in total. The Hall–Kier alpha value is -4.82. The molecule has 0 saturated carbocycles. The van der Waals surface area contributed by atoms with Gasteiger partial charge >= 0.3 is 12.1 Å². The number of carbonyl (C=O) groups is 4. The highest BCUT2D eigenvalue weighted by molar-refractivity contribution is 7.09. The van der Waals surface area contributed by atoms with E-state index in [0.29, 0.717) is 32.2 Å². The lowest BCUT2D eigenvalue weighted by atomic mass is 9.95. The maximum absolute atomic E-state index is 14.0. The van der Waals surface area contributed by atoms with Gasteiger partial charge in [0.25, 0.3) is 0 Å². The molecule has 14 heteroatoms. The van der Waals surface area contributed by atoms with Crippen LogP contribution in [0.1, 0.15) is 60.9 Å². The van der Waals surface area contributed by atoms with Crippen molar-refractivity contribution in [2.75, 3.05) is 13.6 Å². The summed E-state index contributed by atoms with van der Waals surface area (Å²) in [7, 11) is 1.66. The number of nitrogens with one attached hydrogen (secondary N) is 4. The molecule has 2 heterocycles. The van der Waals surface area contributed by atoms with Gasteiger partial charge in [-0.15, -0.1) is 22.7 Å². The third kappa shape index (κ3) is 14.1. The van der Waals surface area contributed by atoms with Gasteiger partial charge in [-0.1, -0.05) is 81.4 Å². The van der Waals surface area contributed by atoms with Crippen LogP contribution in [0.3, 0.4) is 0 Å². The molecule has 52 heavy (non-hydrogen) atoms. The maximum atomic E-state index is 14.0. The van der Waals surface area contributed by atoms with Gasteiger partial charge in [-0.05, 0) is 43.2 Å². The Morgan fingerprint density at radius 1 is 0.769 bits per heavy atom. The van der Waals surface area contributed by atoms with Gasteiger partial charge in [-0.2, -0.15) is 0 Å². The Bertz CT molecular complexity index is 1670. The molecule has 0 saturated heterocycles. The fourth-order valence-corrected chi connectivity index (χ4v) is 6.51. The van der Waals surface area contributed by atoms with Gasteiger partial charge in [0.05, 0.1) is 22.4 Å². The zero-order valence-electron chi connectivity index (χ0n) is 30.2. The van der Waals surface area contributed by atoms with Crippen molar-refractivity contribution in [3.8, 4) is 0 Å². The largest absolute Gasteiger partial charge is 0.444 e. The Labute approximate surface area is 313 Å². The molecule has 0 aliphatic heterocycles. The number of rotatable bonds is 18. The van der Waals surface area contributed by atoms with Crippen molar-refractivity contribution in [1.29, 1.82) is 0 Å². The second-order valence-corrected chi connectivity index (χ2v) is 15.6. The molecule has 5 amide bonds. The molecule has 3 atom stereocenters. The molecule has 2 aromatic heterocycles. The first-order valence-electron chi connectivity index (χ1n) is 17.3. The number of nitrogens with zero attached hydrogens (tertiary/aromatic N) is 3. The number of ether oxygens (including phenoxy) is 1. The molecule has 4 aromatic rings. The van der Waals surface area contributed by atoms with Crippen molar-refractivity contribution in [3.63, 3.8) is 0 Å². The number of thiazole rings is 2. The molecule has 12 nitrogen and oxygen atoms in total. The van der Waals surface area contributed by atoms with Crippen LogP contribution in [0.2, 0.25) is 0 Å². The van der Waals surface area contributed by atoms with Crippen molar-refractivity contribution in [2.24, 2.45) is 5.41 Å². The molecule has 4 rings (SSSR count). The fourth-order valence-electron chi connectivity index (χ4n) is 5.36. The molecule has 0 fully saturated rings. The summed E-state index contributed by atoms with van der Waals surface area (Å²) in [4.78, 5) is 64.2. The van der Waals surface area contributed by atoms with Crippen molar-refractivity contribution in [1.82, 2.24) is 36.1 Å². The molecule has 0 radical (unpaired) electrons. The fraction of sp³-hybridized carbons (Fsp3) is 0.421. The van der Waals surface area contributed by atoms with Gasteiger partial charge in [-0.25, -0.2) is 9.59 Å². The first-order chi connectivity index (χ1) is 25.0. The Balaban J connectivity index is 1.48. The van der Waals surface area contributed by atoms with Crippen LogP contribution in [0.25, 0.3) is 0 Å². The van der Waals surface area contributed by atoms with E-state index in [1.165, 1.54) is 27.6 Å². The van der Waals surface area contributed by atoms with E-state index in [4.69, 9.17) is 4.74 Å². The summed E-state index contributed by atoms with van der Waals surface area (Å²) in [6.07, 6.45) is 5.21. The summed E-state index contributed by atoms with van der Waals surface area (Å²) in [6, 6.07) is 17.8. The van der Waals surface area contributed by atoms with E-state index in [-0.39, 0.29) is 43.5 Å². The van der Waals surface area contributed by atoms with Gasteiger partial charge < -0.3 is 30.9 Å². The number of benzene rings is 2. The number of hydrogen-bond donors (Lipinski definition) is 4. The minimum atomic E-state index is -0.921. The summed E-state index contributed by atoms with van der Waals surface area (Å²) in [5.74, 6) is -0.508. The molecule has 2 aromatic carbocycles. The van der Waals surface area contributed by atoms with Gasteiger partial charge in [0.15, 0.2) is 0 Å². The Morgan fingerprint density at radius 3 is 1.87 bits per heavy atom. The van der Waals surface area contributed by atoms with Crippen LogP contribution < -0.4 is 21.3 Å². The molecule has 0 aliphatic carbocycles. The van der Waals surface area contributed by atoms with Crippen molar-refractivity contribution < 1.29 is 23.9 Å². The highest BCUT2D eigenvalue weighted by Gasteiger charge is 2.27. The summed E-state index contributed by atoms with van der Waals surface area (Å²) in [5, 5.41) is 12.0. The third-order valence-electron chi connectivity index (χ3n) is 8.25. The number of hydrogen-bond acceptors (Lipinski definition) is 9. The van der Waals surface area contributed by atoms with Crippen LogP contribution in [0.4, 0.5) is 9.59 Å². The van der Waals surface area contributed by atoms with Crippen LogP contribution >= 0.6 is 22.7 Å². The smallest absolute Gasteiger partial charge is 0.407 e. The van der Waals surface area contributed by atoms with E-state index in [1.807, 2.05) is 81.4 Å². The topological polar surface area (TPSA) is 155 Å². The van der Waals surface area contributed by atoms with E-state index < -0.39 is 23.6 Å². The van der Waals surface area contributed by atoms with Gasteiger partial charge in [0.1, 0.15) is 12.6 Å². The number of amides is 5. The summed E-state index contributed by atoms with van der Waals surface area (Å²) < 4.78 is 5.49. The number of alkyl carbamates (subject to hydrolysis) is 1. The first-order valence-corrected chi connectivity index (χ1v) is 19.1. The van der Waals surface area contributed by atoms with Crippen LogP contribution in [0, 0.1) is 5.41 Å². The normalized spacial score (nSPS) is 12.9. The van der Waals surface area contributed by atoms with Crippen molar-refractivity contribution in [3.05, 3.63) is 105 Å². The van der Waals surface area contributed by atoms with Crippen LogP contribution in [-0.2, 0) is 40.3 Å². The average Bonchev–Trinajstić information content (AvgIpc) is 3.84. The lowest BCUT2D eigenvalue weighted by Crippen LogP contribution is -2.53. The van der Waals surface area contributed by atoms with Gasteiger partial charge in [0, 0.05) is 48.4 Å². The summed E-state index contributed by atoms with van der Waals surface area (Å²) >= 11 is 2.85. The molecule has 0 bridgehead atoms. The SMILES string of the molecule is CN(Cc1cncs1)C(=O)NC(CCNC(=O)C(C)(C)C)C(=O)NC(CCC(Cc1ccccc1)NC(=O)OCc1cncs1)Cc1ccccc1. The predicted molar refractivity (Wildman–Crippen MR) is 204 cm³/mol. The average molecular weight is 748 g/mol. The number of carbonyl (C=O) groups excluding carboxylic acids is 4. The molecular weight excluding hydrogens is 699 g/mol. The highest BCUT2D eigenvalue weighted by atomic mass is 32.1. The van der Waals surface area contributed by atoms with E-state index in [2.05, 4.69) is 31.2 Å². The maximum Gasteiger partial charge on any atom is 0.407 e. The molecule has 0 aliphatic rings. The van der Waals surface area contributed by atoms with E-state index >= 15 is 0 Å². The Kier molecular flexibility index (Phi) is 15.6. The lowest BCUT2D eigenvalue weighted by molar-refractivity contribution is -0.129. The summed E-state index contributed by atoms with van der Waals surface area (Å²) in [5.41, 5.74) is 4.88. The lowest BCUT2D eigenvalue weighted by Gasteiger charge is -2.27. The Morgan fingerprint density at radius 2 is 1.33 bits per heavy atom. The number of aromatic nitrogens is 2. The van der Waals surface area contributed by atoms with Crippen LogP contribution in [-0.4, -0.2) is 70.5 Å². The molecule has 3 unspecified atom stereocenters. The third-order valence-corrected chi connectivity index (χ3v) is 9.77. The van der Waals surface area contributed by atoms with Gasteiger partial charge in [-0.3, -0.25) is 19.6 Å². The van der Waals surface area contributed by atoms with Crippen molar-refractivity contribution in [2.45, 2.75) is 84.2 Å². The predicted octanol–water partition coefficient (Wildman–Crippen LogP) is 5.71. The second-order valence-electron chi connectivity index (χ2n) is 13.7. The zero-order chi connectivity index (χ0) is 37.3. The molecule has 0 spiro atoms. The van der Waals surface area contributed by atoms with Crippen molar-refractivity contribution >= 4 is 46.6 Å². The zero-order valence-corrected chi connectivity index (χ0v) is 31.8. The minimum absolute atomic E-state index is 0.129. The van der Waals surface area contributed by atoms with E-state index in [0.717, 1.165) is 20.9 Å². The quantitative estimate of drug-likeness (QED) is 0.102.